The molecule has 1 aromatic carbocycles. The van der Waals surface area contributed by atoms with Gasteiger partial charge >= 0.3 is 0 Å². The topological polar surface area (TPSA) is 94.5 Å². The summed E-state index contributed by atoms with van der Waals surface area (Å²) in [6.45, 7) is 4.33. The van der Waals surface area contributed by atoms with Crippen molar-refractivity contribution in [3.8, 4) is 5.75 Å². The molecule has 0 spiro atoms. The number of carbonyl (C=O) groups is 1. The fraction of sp³-hybridized carbons (Fsp3) is 0.471. The van der Waals surface area contributed by atoms with Gasteiger partial charge in [-0.05, 0) is 43.1 Å². The van der Waals surface area contributed by atoms with E-state index in [0.717, 1.165) is 19.5 Å². The Morgan fingerprint density at radius 1 is 1.40 bits per heavy atom. The molecule has 1 atom stereocenters. The molecule has 1 aliphatic rings. The molecule has 1 unspecified atom stereocenters. The third-order valence-corrected chi connectivity index (χ3v) is 4.19. The standard InChI is InChI=1S/C17H22N4O3.ClH/c1-2-16-19-15(20-24-16)11-23-14-5-3-13(4-6-14)17(22)21-8-7-12(9-18)10-21;/h3-6,12H,2,7-11,18H2,1H3;1H. The van der Waals surface area contributed by atoms with Crippen LogP contribution in [0.15, 0.2) is 28.8 Å². The fourth-order valence-electron chi connectivity index (χ4n) is 2.73. The van der Waals surface area contributed by atoms with Crippen LogP contribution in [0.25, 0.3) is 0 Å². The number of hydrogen-bond acceptors (Lipinski definition) is 6. The van der Waals surface area contributed by atoms with Crippen molar-refractivity contribution in [2.45, 2.75) is 26.4 Å². The Bertz CT molecular complexity index is 689. The van der Waals surface area contributed by atoms with E-state index in [2.05, 4.69) is 10.1 Å². The quantitative estimate of drug-likeness (QED) is 0.840. The van der Waals surface area contributed by atoms with Crippen LogP contribution < -0.4 is 10.5 Å². The molecule has 3 rings (SSSR count). The number of aromatic nitrogens is 2. The highest BCUT2D eigenvalue weighted by Gasteiger charge is 2.25. The fourth-order valence-corrected chi connectivity index (χ4v) is 2.73. The second kappa shape index (κ2) is 8.82. The van der Waals surface area contributed by atoms with Crippen molar-refractivity contribution in [2.24, 2.45) is 11.7 Å². The number of carbonyl (C=O) groups excluding carboxylic acids is 1. The summed E-state index contributed by atoms with van der Waals surface area (Å²) in [4.78, 5) is 18.5. The number of aryl methyl sites for hydroxylation is 1. The first-order chi connectivity index (χ1) is 11.7. The van der Waals surface area contributed by atoms with Gasteiger partial charge in [0, 0.05) is 25.1 Å². The molecule has 0 aliphatic carbocycles. The van der Waals surface area contributed by atoms with Gasteiger partial charge in [0.05, 0.1) is 0 Å². The van der Waals surface area contributed by atoms with E-state index >= 15 is 0 Å². The Labute approximate surface area is 152 Å². The number of nitrogens with zero attached hydrogens (tertiary/aromatic N) is 3. The number of nitrogens with two attached hydrogens (primary N) is 1. The van der Waals surface area contributed by atoms with Gasteiger partial charge in [-0.1, -0.05) is 12.1 Å². The number of amides is 1. The summed E-state index contributed by atoms with van der Waals surface area (Å²) in [6, 6.07) is 7.12. The molecule has 1 fully saturated rings. The maximum atomic E-state index is 12.4. The molecule has 1 aliphatic heterocycles. The van der Waals surface area contributed by atoms with E-state index in [1.807, 2.05) is 11.8 Å². The summed E-state index contributed by atoms with van der Waals surface area (Å²) >= 11 is 0. The van der Waals surface area contributed by atoms with Crippen LogP contribution in [0, 0.1) is 5.92 Å². The molecule has 1 saturated heterocycles. The summed E-state index contributed by atoms with van der Waals surface area (Å²) in [6.07, 6.45) is 1.68. The van der Waals surface area contributed by atoms with Gasteiger partial charge in [0.1, 0.15) is 5.75 Å². The van der Waals surface area contributed by atoms with E-state index < -0.39 is 0 Å². The van der Waals surface area contributed by atoms with E-state index in [-0.39, 0.29) is 24.9 Å². The maximum Gasteiger partial charge on any atom is 0.253 e. The van der Waals surface area contributed by atoms with Crippen LogP contribution in [0.5, 0.6) is 5.75 Å². The number of ether oxygens (including phenoxy) is 1. The second-order valence-electron chi connectivity index (χ2n) is 5.91. The molecular formula is C17H23ClN4O3. The van der Waals surface area contributed by atoms with Gasteiger partial charge < -0.3 is 19.9 Å². The molecule has 2 N–H and O–H groups in total. The lowest BCUT2D eigenvalue weighted by molar-refractivity contribution is 0.0787. The first-order valence-corrected chi connectivity index (χ1v) is 8.23. The van der Waals surface area contributed by atoms with Crippen molar-refractivity contribution in [2.75, 3.05) is 19.6 Å². The predicted molar refractivity (Wildman–Crippen MR) is 94.8 cm³/mol. The van der Waals surface area contributed by atoms with Gasteiger partial charge in [0.2, 0.25) is 11.7 Å². The van der Waals surface area contributed by atoms with Gasteiger partial charge in [-0.2, -0.15) is 4.98 Å². The lowest BCUT2D eigenvalue weighted by atomic mass is 10.1. The molecule has 2 heterocycles. The molecule has 1 amide bonds. The average molecular weight is 367 g/mol. The van der Waals surface area contributed by atoms with E-state index in [1.165, 1.54) is 0 Å². The third kappa shape index (κ3) is 4.70. The summed E-state index contributed by atoms with van der Waals surface area (Å²) in [7, 11) is 0. The molecular weight excluding hydrogens is 344 g/mol. The average Bonchev–Trinajstić information content (AvgIpc) is 3.29. The van der Waals surface area contributed by atoms with Crippen molar-refractivity contribution < 1.29 is 14.1 Å². The smallest absolute Gasteiger partial charge is 0.253 e. The van der Waals surface area contributed by atoms with Crippen LogP contribution in [-0.4, -0.2) is 40.6 Å². The van der Waals surface area contributed by atoms with Crippen LogP contribution in [0.2, 0.25) is 0 Å². The highest BCUT2D eigenvalue weighted by Crippen LogP contribution is 2.20. The molecule has 136 valence electrons. The molecule has 7 nitrogen and oxygen atoms in total. The van der Waals surface area contributed by atoms with Crippen LogP contribution in [0.1, 0.15) is 35.4 Å². The predicted octanol–water partition coefficient (Wildman–Crippen LogP) is 2.05. The summed E-state index contributed by atoms with van der Waals surface area (Å²) in [5.41, 5.74) is 6.34. The van der Waals surface area contributed by atoms with Crippen molar-refractivity contribution >= 4 is 18.3 Å². The van der Waals surface area contributed by atoms with Crippen molar-refractivity contribution in [3.63, 3.8) is 0 Å². The van der Waals surface area contributed by atoms with Gasteiger partial charge in [-0.15, -0.1) is 12.4 Å². The first kappa shape index (κ1) is 19.2. The normalized spacial score (nSPS) is 16.6. The van der Waals surface area contributed by atoms with Crippen molar-refractivity contribution in [1.82, 2.24) is 15.0 Å². The van der Waals surface area contributed by atoms with Gasteiger partial charge in [-0.3, -0.25) is 4.79 Å². The lowest BCUT2D eigenvalue weighted by Gasteiger charge is -2.16. The SMILES string of the molecule is CCc1nc(COc2ccc(C(=O)N3CCC(CN)C3)cc2)no1.Cl. The highest BCUT2D eigenvalue weighted by molar-refractivity contribution is 5.94. The van der Waals surface area contributed by atoms with E-state index in [1.54, 1.807) is 24.3 Å². The lowest BCUT2D eigenvalue weighted by Crippen LogP contribution is -2.29. The third-order valence-electron chi connectivity index (χ3n) is 4.19. The molecule has 1 aromatic heterocycles. The summed E-state index contributed by atoms with van der Waals surface area (Å²) < 4.78 is 10.6. The van der Waals surface area contributed by atoms with Crippen LogP contribution in [-0.2, 0) is 13.0 Å². The van der Waals surface area contributed by atoms with Crippen molar-refractivity contribution in [3.05, 3.63) is 41.5 Å². The van der Waals surface area contributed by atoms with E-state index in [0.29, 0.717) is 41.9 Å². The number of rotatable bonds is 6. The number of likely N-dealkylation sites (tertiary alicyclic amines) is 1. The van der Waals surface area contributed by atoms with Crippen molar-refractivity contribution in [1.29, 1.82) is 0 Å². The van der Waals surface area contributed by atoms with E-state index in [9.17, 15) is 4.79 Å². The molecule has 2 aromatic rings. The Morgan fingerprint density at radius 3 is 2.76 bits per heavy atom. The maximum absolute atomic E-state index is 12.4. The minimum Gasteiger partial charge on any atom is -0.485 e. The monoisotopic (exact) mass is 366 g/mol. The second-order valence-corrected chi connectivity index (χ2v) is 5.91. The Morgan fingerprint density at radius 2 is 2.16 bits per heavy atom. The van der Waals surface area contributed by atoms with Gasteiger partial charge in [0.15, 0.2) is 6.61 Å². The van der Waals surface area contributed by atoms with Gasteiger partial charge in [-0.25, -0.2) is 0 Å². The zero-order valence-electron chi connectivity index (χ0n) is 14.2. The zero-order chi connectivity index (χ0) is 16.9. The number of benzene rings is 1. The van der Waals surface area contributed by atoms with Crippen LogP contribution in [0.4, 0.5) is 0 Å². The molecule has 0 saturated carbocycles. The zero-order valence-corrected chi connectivity index (χ0v) is 15.0. The minimum atomic E-state index is 0. The van der Waals surface area contributed by atoms with Crippen LogP contribution >= 0.6 is 12.4 Å². The highest BCUT2D eigenvalue weighted by atomic mass is 35.5. The Balaban J connectivity index is 0.00000225. The molecule has 0 radical (unpaired) electrons. The van der Waals surface area contributed by atoms with Gasteiger partial charge in [0.25, 0.3) is 5.91 Å². The Hall–Kier alpha value is -2.12. The molecule has 0 bridgehead atoms. The number of hydrogen-bond donors (Lipinski definition) is 1. The van der Waals surface area contributed by atoms with Crippen LogP contribution in [0.3, 0.4) is 0 Å². The Kier molecular flexibility index (Phi) is 6.78. The summed E-state index contributed by atoms with van der Waals surface area (Å²) in [5.74, 6) is 2.23. The number of halogens is 1. The first-order valence-electron chi connectivity index (χ1n) is 8.23. The molecule has 8 heteroatoms. The summed E-state index contributed by atoms with van der Waals surface area (Å²) in [5, 5.41) is 3.83. The van der Waals surface area contributed by atoms with E-state index in [4.69, 9.17) is 15.0 Å². The largest absolute Gasteiger partial charge is 0.485 e. The minimum absolute atomic E-state index is 0. The molecule has 25 heavy (non-hydrogen) atoms.